The Hall–Kier alpha value is -1.09. The largest absolute Gasteiger partial charge is 0.489 e. The van der Waals surface area contributed by atoms with E-state index in [0.717, 1.165) is 24.2 Å². The van der Waals surface area contributed by atoms with Crippen molar-refractivity contribution in [3.63, 3.8) is 0 Å². The van der Waals surface area contributed by atoms with Crippen LogP contribution in [0.3, 0.4) is 0 Å². The Bertz CT molecular complexity index is 432. The molecule has 1 N–H and O–H groups in total. The summed E-state index contributed by atoms with van der Waals surface area (Å²) < 4.78 is 5.65. The average molecular weight is 277 g/mol. The Labute approximate surface area is 122 Å². The molecule has 0 aromatic carbocycles. The first-order chi connectivity index (χ1) is 9.37. The second kappa shape index (κ2) is 6.13. The van der Waals surface area contributed by atoms with Crippen LogP contribution in [0.2, 0.25) is 0 Å². The van der Waals surface area contributed by atoms with Crippen molar-refractivity contribution >= 4 is 0 Å². The van der Waals surface area contributed by atoms with Gasteiger partial charge in [0.25, 0.3) is 0 Å². The van der Waals surface area contributed by atoms with E-state index < -0.39 is 6.10 Å². The summed E-state index contributed by atoms with van der Waals surface area (Å²) in [4.78, 5) is 4.20. The lowest BCUT2D eigenvalue weighted by atomic mass is 9.71. The summed E-state index contributed by atoms with van der Waals surface area (Å²) in [6.45, 7) is 8.61. The molecule has 1 atom stereocenters. The van der Waals surface area contributed by atoms with Gasteiger partial charge in [-0.1, -0.05) is 13.8 Å². The second-order valence-corrected chi connectivity index (χ2v) is 7.07. The highest BCUT2D eigenvalue weighted by Gasteiger charge is 2.31. The molecule has 2 rings (SSSR count). The predicted octanol–water partition coefficient (Wildman–Crippen LogP) is 4.12. The molecule has 0 aliphatic heterocycles. The molecule has 1 aromatic rings. The third-order valence-electron chi connectivity index (χ3n) is 4.28. The van der Waals surface area contributed by atoms with Crippen LogP contribution in [0.1, 0.15) is 65.0 Å². The fourth-order valence-corrected chi connectivity index (χ4v) is 2.94. The zero-order valence-electron chi connectivity index (χ0n) is 13.1. The molecule has 1 heterocycles. The normalized spacial score (nSPS) is 20.9. The number of aromatic nitrogens is 1. The first-order valence-corrected chi connectivity index (χ1v) is 7.67. The first-order valence-electron chi connectivity index (χ1n) is 7.67. The van der Waals surface area contributed by atoms with Gasteiger partial charge in [-0.15, -0.1) is 0 Å². The Morgan fingerprint density at radius 3 is 2.50 bits per heavy atom. The first kappa shape index (κ1) is 15.3. The van der Waals surface area contributed by atoms with Gasteiger partial charge in [-0.3, -0.25) is 4.98 Å². The molecule has 1 fully saturated rings. The predicted molar refractivity (Wildman–Crippen MR) is 80.7 cm³/mol. The summed E-state index contributed by atoms with van der Waals surface area (Å²) in [7, 11) is 0. The highest BCUT2D eigenvalue weighted by Crippen LogP contribution is 2.42. The van der Waals surface area contributed by atoms with Crippen molar-refractivity contribution in [1.29, 1.82) is 0 Å². The van der Waals surface area contributed by atoms with Gasteiger partial charge < -0.3 is 9.84 Å². The van der Waals surface area contributed by atoms with Gasteiger partial charge in [0, 0.05) is 11.8 Å². The number of ether oxygens (including phenoxy) is 1. The molecule has 1 aliphatic carbocycles. The molecule has 0 bridgehead atoms. The van der Waals surface area contributed by atoms with E-state index in [1.807, 2.05) is 19.9 Å². The van der Waals surface area contributed by atoms with E-state index in [2.05, 4.69) is 18.8 Å². The number of hydrogen-bond donors (Lipinski definition) is 1. The van der Waals surface area contributed by atoms with Gasteiger partial charge in [0.15, 0.2) is 0 Å². The Morgan fingerprint density at radius 2 is 1.90 bits per heavy atom. The maximum absolute atomic E-state index is 10.6. The maximum atomic E-state index is 10.6. The molecule has 0 radical (unpaired) electrons. The summed E-state index contributed by atoms with van der Waals surface area (Å²) in [5.41, 5.74) is 1.31. The number of aliphatic hydroxyl groups excluding tert-OH is 1. The van der Waals surface area contributed by atoms with Gasteiger partial charge >= 0.3 is 0 Å². The molecule has 3 nitrogen and oxygen atoms in total. The van der Waals surface area contributed by atoms with E-state index in [-0.39, 0.29) is 6.10 Å². The number of hydrogen-bond acceptors (Lipinski definition) is 3. The molecule has 0 saturated heterocycles. The summed E-state index contributed by atoms with van der Waals surface area (Å²) in [5, 5.41) is 10.6. The number of rotatable bonds is 4. The molecular formula is C17H27NO2. The van der Waals surface area contributed by atoms with Gasteiger partial charge in [-0.05, 0) is 56.9 Å². The van der Waals surface area contributed by atoms with Gasteiger partial charge in [0.05, 0.1) is 18.4 Å². The van der Waals surface area contributed by atoms with Crippen LogP contribution in [-0.4, -0.2) is 16.2 Å². The van der Waals surface area contributed by atoms with E-state index in [1.54, 1.807) is 12.4 Å². The summed E-state index contributed by atoms with van der Waals surface area (Å²) >= 11 is 0. The Morgan fingerprint density at radius 1 is 1.25 bits per heavy atom. The molecular weight excluding hydrogens is 250 g/mol. The van der Waals surface area contributed by atoms with Crippen LogP contribution in [0.25, 0.3) is 0 Å². The maximum Gasteiger partial charge on any atom is 0.138 e. The minimum Gasteiger partial charge on any atom is -0.489 e. The fourth-order valence-electron chi connectivity index (χ4n) is 2.94. The van der Waals surface area contributed by atoms with Crippen molar-refractivity contribution in [1.82, 2.24) is 4.98 Å². The third kappa shape index (κ3) is 3.95. The summed E-state index contributed by atoms with van der Waals surface area (Å²) in [6, 6.07) is 1.93. The average Bonchev–Trinajstić information content (AvgIpc) is 2.37. The van der Waals surface area contributed by atoms with Crippen molar-refractivity contribution in [2.75, 3.05) is 0 Å². The number of aliphatic hydroxyl groups is 1. The molecule has 112 valence electrons. The van der Waals surface area contributed by atoms with Crippen molar-refractivity contribution in [3.8, 4) is 5.75 Å². The van der Waals surface area contributed by atoms with Crippen LogP contribution in [-0.2, 0) is 0 Å². The van der Waals surface area contributed by atoms with Crippen LogP contribution in [0.5, 0.6) is 5.75 Å². The van der Waals surface area contributed by atoms with E-state index >= 15 is 0 Å². The zero-order chi connectivity index (χ0) is 14.8. The van der Waals surface area contributed by atoms with Crippen LogP contribution in [0, 0.1) is 11.3 Å². The van der Waals surface area contributed by atoms with Gasteiger partial charge in [0.1, 0.15) is 5.75 Å². The van der Waals surface area contributed by atoms with Gasteiger partial charge in [-0.2, -0.15) is 0 Å². The molecule has 1 aromatic heterocycles. The van der Waals surface area contributed by atoms with Gasteiger partial charge in [-0.25, -0.2) is 0 Å². The Balaban J connectivity index is 2.04. The standard InChI is InChI=1S/C17H27NO2/c1-12(2)20-15-9-14(10-18-11-15)16(19)13-5-7-17(3,4)8-6-13/h9-13,16,19H,5-8H2,1-4H3. The molecule has 1 aliphatic rings. The van der Waals surface area contributed by atoms with E-state index in [1.165, 1.54) is 12.8 Å². The topological polar surface area (TPSA) is 42.4 Å². The van der Waals surface area contributed by atoms with Crippen molar-refractivity contribution in [2.45, 2.75) is 65.6 Å². The highest BCUT2D eigenvalue weighted by atomic mass is 16.5. The zero-order valence-corrected chi connectivity index (χ0v) is 13.1. The smallest absolute Gasteiger partial charge is 0.138 e. The van der Waals surface area contributed by atoms with Crippen LogP contribution in [0.4, 0.5) is 0 Å². The molecule has 1 saturated carbocycles. The molecule has 0 amide bonds. The SMILES string of the molecule is CC(C)Oc1cncc(C(O)C2CCC(C)(C)CC2)c1. The van der Waals surface area contributed by atoms with Crippen LogP contribution < -0.4 is 4.74 Å². The molecule has 1 unspecified atom stereocenters. The third-order valence-corrected chi connectivity index (χ3v) is 4.28. The molecule has 3 heteroatoms. The number of nitrogens with zero attached hydrogens (tertiary/aromatic N) is 1. The highest BCUT2D eigenvalue weighted by molar-refractivity contribution is 5.25. The number of pyridine rings is 1. The van der Waals surface area contributed by atoms with Crippen LogP contribution >= 0.6 is 0 Å². The van der Waals surface area contributed by atoms with E-state index in [9.17, 15) is 5.11 Å². The van der Waals surface area contributed by atoms with E-state index in [4.69, 9.17) is 4.74 Å². The van der Waals surface area contributed by atoms with Gasteiger partial charge in [0.2, 0.25) is 0 Å². The second-order valence-electron chi connectivity index (χ2n) is 7.07. The van der Waals surface area contributed by atoms with Crippen LogP contribution in [0.15, 0.2) is 18.5 Å². The Kier molecular flexibility index (Phi) is 4.69. The lowest BCUT2D eigenvalue weighted by molar-refractivity contribution is 0.0562. The minimum absolute atomic E-state index is 0.125. The lowest BCUT2D eigenvalue weighted by Gasteiger charge is -2.36. The summed E-state index contributed by atoms with van der Waals surface area (Å²) in [6.07, 6.45) is 7.72. The fraction of sp³-hybridized carbons (Fsp3) is 0.706. The van der Waals surface area contributed by atoms with Crippen molar-refractivity contribution in [2.24, 2.45) is 11.3 Å². The minimum atomic E-state index is -0.422. The molecule has 20 heavy (non-hydrogen) atoms. The monoisotopic (exact) mass is 277 g/mol. The van der Waals surface area contributed by atoms with Crippen molar-refractivity contribution in [3.05, 3.63) is 24.0 Å². The molecule has 0 spiro atoms. The van der Waals surface area contributed by atoms with E-state index in [0.29, 0.717) is 11.3 Å². The summed E-state index contributed by atoms with van der Waals surface area (Å²) in [5.74, 6) is 1.09. The quantitative estimate of drug-likeness (QED) is 0.900. The van der Waals surface area contributed by atoms with Crippen molar-refractivity contribution < 1.29 is 9.84 Å². The lowest BCUT2D eigenvalue weighted by Crippen LogP contribution is -2.25.